The SMILES string of the molecule is c1ccc(-c2ccc(-c3ccc(-n4c5ccccc5c5c6c7ccccc7n(-c7ccc(-c8cccc9oc%10ccccc%10c89)cc7)c6ccc54)cc3)cc2)cc1. The van der Waals surface area contributed by atoms with E-state index in [-0.39, 0.29) is 0 Å². The van der Waals surface area contributed by atoms with Gasteiger partial charge in [0.1, 0.15) is 11.2 Å². The molecule has 0 aliphatic carbocycles. The fraction of sp³-hybridized carbons (Fsp3) is 0. The predicted octanol–water partition coefficient (Wildman–Crippen LogP) is 14.8. The van der Waals surface area contributed by atoms with Gasteiger partial charge in [0.15, 0.2) is 0 Å². The lowest BCUT2D eigenvalue weighted by Gasteiger charge is -2.11. The van der Waals surface area contributed by atoms with E-state index in [1.807, 2.05) is 12.1 Å². The van der Waals surface area contributed by atoms with Gasteiger partial charge in [0.2, 0.25) is 0 Å². The summed E-state index contributed by atoms with van der Waals surface area (Å²) in [5.74, 6) is 0. The molecule has 3 aromatic heterocycles. The average molecular weight is 727 g/mol. The monoisotopic (exact) mass is 726 g/mol. The van der Waals surface area contributed by atoms with Gasteiger partial charge in [-0.25, -0.2) is 0 Å². The maximum Gasteiger partial charge on any atom is 0.136 e. The number of fused-ring (bicyclic) bond motifs is 10. The number of hydrogen-bond donors (Lipinski definition) is 0. The van der Waals surface area contributed by atoms with Crippen LogP contribution in [0.3, 0.4) is 0 Å². The number of furan rings is 1. The second-order valence-corrected chi connectivity index (χ2v) is 14.9. The Balaban J connectivity index is 0.987. The molecule has 0 amide bonds. The van der Waals surface area contributed by atoms with E-state index in [1.54, 1.807) is 0 Å². The van der Waals surface area contributed by atoms with Crippen LogP contribution in [0.4, 0.5) is 0 Å². The summed E-state index contributed by atoms with van der Waals surface area (Å²) < 4.78 is 11.1. The lowest BCUT2D eigenvalue weighted by atomic mass is 9.99. The van der Waals surface area contributed by atoms with Crippen LogP contribution in [0.1, 0.15) is 0 Å². The molecule has 0 aliphatic heterocycles. The molecule has 9 aromatic carbocycles. The fourth-order valence-corrected chi connectivity index (χ4v) is 9.17. The highest BCUT2D eigenvalue weighted by Crippen LogP contribution is 2.43. The summed E-state index contributed by atoms with van der Waals surface area (Å²) in [5, 5.41) is 7.33. The fourth-order valence-electron chi connectivity index (χ4n) is 9.17. The van der Waals surface area contributed by atoms with E-state index in [2.05, 4.69) is 203 Å². The summed E-state index contributed by atoms with van der Waals surface area (Å²) in [5.41, 5.74) is 16.1. The van der Waals surface area contributed by atoms with Gasteiger partial charge in [-0.15, -0.1) is 0 Å². The maximum absolute atomic E-state index is 6.22. The quantitative estimate of drug-likeness (QED) is 0.173. The zero-order valence-electron chi connectivity index (χ0n) is 30.9. The van der Waals surface area contributed by atoms with Crippen LogP contribution < -0.4 is 0 Å². The molecule has 57 heavy (non-hydrogen) atoms. The Morgan fingerprint density at radius 1 is 0.263 bits per heavy atom. The van der Waals surface area contributed by atoms with E-state index in [0.29, 0.717) is 0 Å². The van der Waals surface area contributed by atoms with Crippen molar-refractivity contribution in [3.63, 3.8) is 0 Å². The number of benzene rings is 9. The van der Waals surface area contributed by atoms with Gasteiger partial charge in [0.05, 0.1) is 22.1 Å². The van der Waals surface area contributed by atoms with Crippen molar-refractivity contribution < 1.29 is 4.42 Å². The smallest absolute Gasteiger partial charge is 0.136 e. The highest BCUT2D eigenvalue weighted by atomic mass is 16.3. The van der Waals surface area contributed by atoms with Crippen molar-refractivity contribution >= 4 is 65.6 Å². The Bertz CT molecular complexity index is 3470. The molecule has 12 rings (SSSR count). The van der Waals surface area contributed by atoms with Crippen molar-refractivity contribution in [3.8, 4) is 44.8 Å². The summed E-state index contributed by atoms with van der Waals surface area (Å²) in [4.78, 5) is 0. The largest absolute Gasteiger partial charge is 0.456 e. The number of para-hydroxylation sites is 3. The van der Waals surface area contributed by atoms with E-state index in [4.69, 9.17) is 4.42 Å². The van der Waals surface area contributed by atoms with Crippen LogP contribution in [0.25, 0.3) is 110 Å². The first kappa shape index (κ1) is 31.7. The second kappa shape index (κ2) is 12.5. The van der Waals surface area contributed by atoms with Crippen molar-refractivity contribution in [1.29, 1.82) is 0 Å². The van der Waals surface area contributed by atoms with Crippen LogP contribution >= 0.6 is 0 Å². The second-order valence-electron chi connectivity index (χ2n) is 14.9. The Hall–Kier alpha value is -7.62. The first-order valence-electron chi connectivity index (χ1n) is 19.5. The number of nitrogens with zero attached hydrogens (tertiary/aromatic N) is 2. The minimum absolute atomic E-state index is 0.910. The van der Waals surface area contributed by atoms with Crippen LogP contribution in [0.5, 0.6) is 0 Å². The van der Waals surface area contributed by atoms with Gasteiger partial charge >= 0.3 is 0 Å². The van der Waals surface area contributed by atoms with Crippen molar-refractivity contribution in [2.24, 2.45) is 0 Å². The summed E-state index contributed by atoms with van der Waals surface area (Å²) in [7, 11) is 0. The molecule has 0 saturated carbocycles. The molecule has 0 radical (unpaired) electrons. The van der Waals surface area contributed by atoms with Gasteiger partial charge in [-0.05, 0) is 94.0 Å². The third-order valence-corrected chi connectivity index (χ3v) is 11.8. The summed E-state index contributed by atoms with van der Waals surface area (Å²) in [6, 6.07) is 74.4. The van der Waals surface area contributed by atoms with Gasteiger partial charge in [-0.1, -0.05) is 146 Å². The Kier molecular flexibility index (Phi) is 6.93. The van der Waals surface area contributed by atoms with Crippen LogP contribution in [-0.4, -0.2) is 9.13 Å². The van der Waals surface area contributed by atoms with Crippen LogP contribution in [0.15, 0.2) is 211 Å². The van der Waals surface area contributed by atoms with E-state index >= 15 is 0 Å². The first-order chi connectivity index (χ1) is 28.3. The normalized spacial score (nSPS) is 11.9. The third kappa shape index (κ3) is 4.86. The highest BCUT2D eigenvalue weighted by molar-refractivity contribution is 6.29. The predicted molar refractivity (Wildman–Crippen MR) is 239 cm³/mol. The third-order valence-electron chi connectivity index (χ3n) is 11.8. The minimum atomic E-state index is 0.910. The average Bonchev–Trinajstić information content (AvgIpc) is 3.95. The number of rotatable bonds is 5. The molecule has 0 spiro atoms. The van der Waals surface area contributed by atoms with Crippen molar-refractivity contribution in [3.05, 3.63) is 206 Å². The van der Waals surface area contributed by atoms with Crippen molar-refractivity contribution in [1.82, 2.24) is 9.13 Å². The van der Waals surface area contributed by atoms with Gasteiger partial charge in [0, 0.05) is 43.7 Å². The van der Waals surface area contributed by atoms with E-state index in [9.17, 15) is 0 Å². The summed E-state index contributed by atoms with van der Waals surface area (Å²) in [6.07, 6.45) is 0. The standard InChI is InChI=1S/C54H34N2O/c1-2-11-35(12-3-1)36-21-23-37(24-22-36)38-25-29-40(30-26-38)55-46-17-7-4-13-43(46)53-48(55)33-34-49-54(53)44-14-5-8-18-47(44)56(49)41-31-27-39(28-32-41)42-16-10-20-51-52(42)45-15-6-9-19-50(45)57-51/h1-34H. The van der Waals surface area contributed by atoms with E-state index < -0.39 is 0 Å². The van der Waals surface area contributed by atoms with Crippen LogP contribution in [0.2, 0.25) is 0 Å². The molecule has 0 unspecified atom stereocenters. The summed E-state index contributed by atoms with van der Waals surface area (Å²) >= 11 is 0. The molecule has 0 saturated heterocycles. The summed E-state index contributed by atoms with van der Waals surface area (Å²) in [6.45, 7) is 0. The molecule has 0 atom stereocenters. The zero-order valence-corrected chi connectivity index (χ0v) is 30.9. The highest BCUT2D eigenvalue weighted by Gasteiger charge is 2.21. The van der Waals surface area contributed by atoms with Gasteiger partial charge in [-0.3, -0.25) is 0 Å². The Morgan fingerprint density at radius 2 is 0.702 bits per heavy atom. The Labute approximate surface area is 328 Å². The molecule has 12 aromatic rings. The molecule has 3 heterocycles. The molecule has 0 N–H and O–H groups in total. The molecule has 3 heteroatoms. The van der Waals surface area contributed by atoms with Gasteiger partial charge in [-0.2, -0.15) is 0 Å². The van der Waals surface area contributed by atoms with Gasteiger partial charge < -0.3 is 13.6 Å². The minimum Gasteiger partial charge on any atom is -0.456 e. The van der Waals surface area contributed by atoms with Crippen LogP contribution in [0, 0.1) is 0 Å². The molecule has 0 fully saturated rings. The molecule has 0 aliphatic rings. The van der Waals surface area contributed by atoms with E-state index in [0.717, 1.165) is 38.9 Å². The lowest BCUT2D eigenvalue weighted by Crippen LogP contribution is -1.95. The van der Waals surface area contributed by atoms with Crippen molar-refractivity contribution in [2.45, 2.75) is 0 Å². The topological polar surface area (TPSA) is 23.0 Å². The van der Waals surface area contributed by atoms with Crippen molar-refractivity contribution in [2.75, 3.05) is 0 Å². The Morgan fingerprint density at radius 3 is 1.28 bits per heavy atom. The molecule has 0 bridgehead atoms. The number of hydrogen-bond acceptors (Lipinski definition) is 1. The van der Waals surface area contributed by atoms with Crippen LogP contribution in [-0.2, 0) is 0 Å². The first-order valence-corrected chi connectivity index (χ1v) is 19.5. The zero-order chi connectivity index (χ0) is 37.5. The van der Waals surface area contributed by atoms with E-state index in [1.165, 1.54) is 71.4 Å². The lowest BCUT2D eigenvalue weighted by molar-refractivity contribution is 0.669. The van der Waals surface area contributed by atoms with Gasteiger partial charge in [0.25, 0.3) is 0 Å². The molecule has 3 nitrogen and oxygen atoms in total. The maximum atomic E-state index is 6.22. The molecule has 266 valence electrons. The molecular formula is C54H34N2O. The molecular weight excluding hydrogens is 693 g/mol. The number of aromatic nitrogens is 2.